The Bertz CT molecular complexity index is 218. The summed E-state index contributed by atoms with van der Waals surface area (Å²) in [7, 11) is 0. The molecule has 0 fully saturated rings. The Morgan fingerprint density at radius 1 is 1.27 bits per heavy atom. The Morgan fingerprint density at radius 3 is 2.64 bits per heavy atom. The number of benzene rings is 1. The van der Waals surface area contributed by atoms with Crippen molar-refractivity contribution in [2.45, 2.75) is 6.54 Å². The van der Waals surface area contributed by atoms with Crippen molar-refractivity contribution >= 4 is 12.6 Å². The molecule has 1 N–H and O–H groups in total. The lowest BCUT2D eigenvalue weighted by Gasteiger charge is -2.00. The van der Waals surface area contributed by atoms with E-state index in [1.54, 1.807) is 11.6 Å². The third-order valence-corrected chi connectivity index (χ3v) is 1.47. The molecular formula is C9H10NS-. The van der Waals surface area contributed by atoms with Crippen LogP contribution in [0.15, 0.2) is 41.9 Å². The first kappa shape index (κ1) is 8.08. The van der Waals surface area contributed by atoms with Crippen LogP contribution >= 0.6 is 0 Å². The van der Waals surface area contributed by atoms with Gasteiger partial charge in [0.2, 0.25) is 0 Å². The average Bonchev–Trinajstić information content (AvgIpc) is 2.07. The lowest BCUT2D eigenvalue weighted by Crippen LogP contribution is -2.03. The maximum absolute atomic E-state index is 4.62. The van der Waals surface area contributed by atoms with Crippen molar-refractivity contribution in [3.8, 4) is 0 Å². The van der Waals surface area contributed by atoms with Gasteiger partial charge in [0.15, 0.2) is 0 Å². The Balaban J connectivity index is 2.39. The summed E-state index contributed by atoms with van der Waals surface area (Å²) in [5, 5.41) is 4.64. The van der Waals surface area contributed by atoms with E-state index < -0.39 is 0 Å². The molecule has 0 heterocycles. The smallest absolute Gasteiger partial charge is 0.0394 e. The second-order valence-electron chi connectivity index (χ2n) is 2.17. The fraction of sp³-hybridized carbons (Fsp3) is 0.111. The molecule has 0 aliphatic carbocycles. The first-order valence-corrected chi connectivity index (χ1v) is 3.95. The summed E-state index contributed by atoms with van der Waals surface area (Å²) in [5.41, 5.74) is 1.26. The molecule has 2 heteroatoms. The molecule has 0 bridgehead atoms. The van der Waals surface area contributed by atoms with Crippen LogP contribution in [0.5, 0.6) is 0 Å². The van der Waals surface area contributed by atoms with E-state index in [1.165, 1.54) is 5.56 Å². The maximum atomic E-state index is 4.62. The van der Waals surface area contributed by atoms with Gasteiger partial charge in [-0.05, 0) is 11.8 Å². The highest BCUT2D eigenvalue weighted by atomic mass is 32.1. The molecule has 0 aliphatic rings. The molecule has 0 saturated carbocycles. The molecule has 0 amide bonds. The van der Waals surface area contributed by atoms with E-state index in [1.807, 2.05) is 18.2 Å². The molecule has 0 spiro atoms. The highest BCUT2D eigenvalue weighted by molar-refractivity contribution is 7.62. The summed E-state index contributed by atoms with van der Waals surface area (Å²) in [5.74, 6) is 0. The van der Waals surface area contributed by atoms with Crippen molar-refractivity contribution in [3.63, 3.8) is 0 Å². The van der Waals surface area contributed by atoms with E-state index in [0.29, 0.717) is 0 Å². The number of hydrogen-bond donors (Lipinski definition) is 1. The number of hydrogen-bond acceptors (Lipinski definition) is 2. The van der Waals surface area contributed by atoms with Gasteiger partial charge in [0.1, 0.15) is 0 Å². The Morgan fingerprint density at radius 2 is 2.00 bits per heavy atom. The zero-order valence-corrected chi connectivity index (χ0v) is 6.97. The summed E-state index contributed by atoms with van der Waals surface area (Å²) in [4.78, 5) is 0. The van der Waals surface area contributed by atoms with Gasteiger partial charge >= 0.3 is 0 Å². The fourth-order valence-corrected chi connectivity index (χ4v) is 0.917. The molecular weight excluding hydrogens is 154 g/mol. The van der Waals surface area contributed by atoms with Gasteiger partial charge in [0, 0.05) is 6.54 Å². The van der Waals surface area contributed by atoms with Crippen LogP contribution in [0.2, 0.25) is 0 Å². The Labute approximate surface area is 72.5 Å². The standard InChI is InChI=1S/C9H11NS/c11-7-6-10-8-9-4-2-1-3-5-9/h1-7,10-11H,8H2/p-1/b7-6-. The van der Waals surface area contributed by atoms with Gasteiger partial charge in [-0.1, -0.05) is 30.3 Å². The molecule has 0 unspecified atom stereocenters. The zero-order chi connectivity index (χ0) is 7.94. The van der Waals surface area contributed by atoms with E-state index in [-0.39, 0.29) is 0 Å². The monoisotopic (exact) mass is 164 g/mol. The maximum Gasteiger partial charge on any atom is 0.0394 e. The Hall–Kier alpha value is -1.02. The SMILES string of the molecule is [S-]/C=C\NCc1ccccc1. The van der Waals surface area contributed by atoms with Gasteiger partial charge < -0.3 is 17.9 Å². The molecule has 58 valence electrons. The summed E-state index contributed by atoms with van der Waals surface area (Å²) in [6.07, 6.45) is 1.77. The minimum absolute atomic E-state index is 0.841. The van der Waals surface area contributed by atoms with Crippen LogP contribution < -0.4 is 5.32 Å². The molecule has 1 aromatic carbocycles. The lowest BCUT2D eigenvalue weighted by atomic mass is 10.2. The summed E-state index contributed by atoms with van der Waals surface area (Å²) in [6, 6.07) is 10.2. The summed E-state index contributed by atoms with van der Waals surface area (Å²) >= 11 is 4.62. The first-order chi connectivity index (χ1) is 5.43. The van der Waals surface area contributed by atoms with Crippen molar-refractivity contribution in [3.05, 3.63) is 47.5 Å². The average molecular weight is 164 g/mol. The lowest BCUT2D eigenvalue weighted by molar-refractivity contribution is 0.872. The largest absolute Gasteiger partial charge is 0.786 e. The molecule has 1 nitrogen and oxygen atoms in total. The normalized spacial score (nSPS) is 10.2. The van der Waals surface area contributed by atoms with Crippen molar-refractivity contribution in [2.24, 2.45) is 0 Å². The molecule has 0 radical (unpaired) electrons. The van der Waals surface area contributed by atoms with E-state index in [2.05, 4.69) is 30.1 Å². The van der Waals surface area contributed by atoms with Gasteiger partial charge in [-0.2, -0.15) is 5.41 Å². The van der Waals surface area contributed by atoms with E-state index >= 15 is 0 Å². The molecule has 0 atom stereocenters. The van der Waals surface area contributed by atoms with Crippen LogP contribution in [-0.4, -0.2) is 0 Å². The molecule has 1 aromatic rings. The molecule has 0 saturated heterocycles. The van der Waals surface area contributed by atoms with Gasteiger partial charge in [0.05, 0.1) is 0 Å². The van der Waals surface area contributed by atoms with Crippen LogP contribution in [0, 0.1) is 0 Å². The first-order valence-electron chi connectivity index (χ1n) is 3.48. The number of nitrogens with one attached hydrogen (secondary N) is 1. The minimum atomic E-state index is 0.841. The fourth-order valence-electron chi connectivity index (χ4n) is 0.821. The second kappa shape index (κ2) is 4.74. The molecule has 0 aliphatic heterocycles. The predicted octanol–water partition coefficient (Wildman–Crippen LogP) is 1.79. The second-order valence-corrected chi connectivity index (χ2v) is 2.44. The topological polar surface area (TPSA) is 12.0 Å². The van der Waals surface area contributed by atoms with E-state index in [9.17, 15) is 0 Å². The number of rotatable bonds is 3. The highest BCUT2D eigenvalue weighted by Crippen LogP contribution is 1.96. The summed E-state index contributed by atoms with van der Waals surface area (Å²) in [6.45, 7) is 0.841. The summed E-state index contributed by atoms with van der Waals surface area (Å²) < 4.78 is 0. The van der Waals surface area contributed by atoms with Crippen LogP contribution in [0.4, 0.5) is 0 Å². The van der Waals surface area contributed by atoms with E-state index in [0.717, 1.165) is 6.54 Å². The van der Waals surface area contributed by atoms with Crippen molar-refractivity contribution < 1.29 is 0 Å². The van der Waals surface area contributed by atoms with Crippen LogP contribution in [-0.2, 0) is 19.2 Å². The van der Waals surface area contributed by atoms with Gasteiger partial charge in [-0.3, -0.25) is 0 Å². The molecule has 0 aromatic heterocycles. The van der Waals surface area contributed by atoms with Crippen LogP contribution in [0.3, 0.4) is 0 Å². The van der Waals surface area contributed by atoms with Crippen molar-refractivity contribution in [1.29, 1.82) is 0 Å². The van der Waals surface area contributed by atoms with Crippen molar-refractivity contribution in [1.82, 2.24) is 5.32 Å². The highest BCUT2D eigenvalue weighted by Gasteiger charge is 1.84. The third-order valence-electron chi connectivity index (χ3n) is 1.33. The van der Waals surface area contributed by atoms with Crippen LogP contribution in [0.1, 0.15) is 5.56 Å². The van der Waals surface area contributed by atoms with Gasteiger partial charge in [-0.25, -0.2) is 0 Å². The van der Waals surface area contributed by atoms with Gasteiger partial charge in [-0.15, -0.1) is 0 Å². The predicted molar refractivity (Wildman–Crippen MR) is 49.8 cm³/mol. The molecule has 1 rings (SSSR count). The quantitative estimate of drug-likeness (QED) is 0.684. The molecule has 11 heavy (non-hydrogen) atoms. The zero-order valence-electron chi connectivity index (χ0n) is 6.16. The van der Waals surface area contributed by atoms with Crippen molar-refractivity contribution in [2.75, 3.05) is 0 Å². The minimum Gasteiger partial charge on any atom is -0.786 e. The van der Waals surface area contributed by atoms with E-state index in [4.69, 9.17) is 0 Å². The van der Waals surface area contributed by atoms with Crippen LogP contribution in [0.25, 0.3) is 0 Å². The van der Waals surface area contributed by atoms with Gasteiger partial charge in [0.25, 0.3) is 0 Å². The third kappa shape index (κ3) is 3.05. The Kier molecular flexibility index (Phi) is 3.48.